The van der Waals surface area contributed by atoms with E-state index in [1.807, 2.05) is 19.9 Å². The lowest BCUT2D eigenvalue weighted by molar-refractivity contribution is -0.117. The summed E-state index contributed by atoms with van der Waals surface area (Å²) < 4.78 is 7.97. The van der Waals surface area contributed by atoms with Crippen molar-refractivity contribution >= 4 is 0 Å². The summed E-state index contributed by atoms with van der Waals surface area (Å²) in [4.78, 5) is 3.97. The molecule has 0 aliphatic carbocycles. The number of nitrogens with zero attached hydrogens (tertiary/aromatic N) is 3. The maximum atomic E-state index is 11.3. The fourth-order valence-corrected chi connectivity index (χ4v) is 3.98. The Morgan fingerprint density at radius 3 is 2.59 bits per heavy atom. The molecule has 3 aromatic rings. The van der Waals surface area contributed by atoms with E-state index in [-0.39, 0.29) is 6.10 Å². The number of aromatic nitrogens is 3. The van der Waals surface area contributed by atoms with E-state index in [9.17, 15) is 5.11 Å². The third-order valence-corrected chi connectivity index (χ3v) is 5.59. The lowest BCUT2D eigenvalue weighted by Gasteiger charge is -2.34. The molecule has 1 aliphatic rings. The maximum absolute atomic E-state index is 11.3. The molecule has 0 spiro atoms. The topological polar surface area (TPSA) is 60.2 Å². The maximum Gasteiger partial charge on any atom is 0.137 e. The Morgan fingerprint density at radius 1 is 1.11 bits per heavy atom. The van der Waals surface area contributed by atoms with Crippen LogP contribution in [0.2, 0.25) is 0 Å². The van der Waals surface area contributed by atoms with E-state index in [0.717, 1.165) is 6.42 Å². The molecule has 1 N–H and O–H groups in total. The molecule has 5 nitrogen and oxygen atoms in total. The quantitative estimate of drug-likeness (QED) is 0.754. The van der Waals surface area contributed by atoms with E-state index < -0.39 is 11.2 Å². The number of ether oxygens (including phenoxy) is 1. The summed E-state index contributed by atoms with van der Waals surface area (Å²) in [6, 6.07) is 18.8. The first-order valence-corrected chi connectivity index (χ1v) is 9.33. The zero-order chi connectivity index (χ0) is 18.9. The SMILES string of the molecule is CC1(C)OC(Cc2ccccc2-c2ccccc2)CC1(O)Cn1cncn1. The Hall–Kier alpha value is -2.50. The molecule has 0 saturated carbocycles. The van der Waals surface area contributed by atoms with Crippen molar-refractivity contribution in [2.24, 2.45) is 0 Å². The van der Waals surface area contributed by atoms with Gasteiger partial charge in [-0.3, -0.25) is 0 Å². The van der Waals surface area contributed by atoms with Crippen LogP contribution in [0, 0.1) is 0 Å². The summed E-state index contributed by atoms with van der Waals surface area (Å²) in [5, 5.41) is 15.5. The fourth-order valence-electron chi connectivity index (χ4n) is 3.98. The lowest BCUT2D eigenvalue weighted by Crippen LogP contribution is -2.49. The van der Waals surface area contributed by atoms with E-state index in [4.69, 9.17) is 4.74 Å². The van der Waals surface area contributed by atoms with Crippen molar-refractivity contribution < 1.29 is 9.84 Å². The van der Waals surface area contributed by atoms with Crippen LogP contribution in [-0.2, 0) is 17.7 Å². The first-order valence-electron chi connectivity index (χ1n) is 9.33. The lowest BCUT2D eigenvalue weighted by atomic mass is 9.83. The number of rotatable bonds is 5. The highest BCUT2D eigenvalue weighted by Crippen LogP contribution is 2.42. The third kappa shape index (κ3) is 3.53. The van der Waals surface area contributed by atoms with Gasteiger partial charge >= 0.3 is 0 Å². The minimum atomic E-state index is -0.993. The van der Waals surface area contributed by atoms with E-state index in [1.165, 1.54) is 23.0 Å². The number of hydrogen-bond acceptors (Lipinski definition) is 4. The minimum absolute atomic E-state index is 0.0571. The molecule has 1 aliphatic heterocycles. The highest BCUT2D eigenvalue weighted by atomic mass is 16.5. The summed E-state index contributed by atoms with van der Waals surface area (Å²) in [6.45, 7) is 4.27. The smallest absolute Gasteiger partial charge is 0.137 e. The van der Waals surface area contributed by atoms with Gasteiger partial charge in [-0.25, -0.2) is 9.67 Å². The van der Waals surface area contributed by atoms with Crippen molar-refractivity contribution in [3.05, 3.63) is 72.8 Å². The van der Waals surface area contributed by atoms with Crippen LogP contribution in [-0.4, -0.2) is 37.2 Å². The Labute approximate surface area is 159 Å². The predicted molar refractivity (Wildman–Crippen MR) is 104 cm³/mol. The third-order valence-electron chi connectivity index (χ3n) is 5.59. The van der Waals surface area contributed by atoms with Crippen LogP contribution in [0.15, 0.2) is 67.3 Å². The number of aliphatic hydroxyl groups is 1. The van der Waals surface area contributed by atoms with Gasteiger partial charge in [-0.1, -0.05) is 54.6 Å². The van der Waals surface area contributed by atoms with Crippen molar-refractivity contribution in [2.45, 2.75) is 50.5 Å². The summed E-state index contributed by atoms with van der Waals surface area (Å²) >= 11 is 0. The van der Waals surface area contributed by atoms with Crippen LogP contribution in [0.1, 0.15) is 25.8 Å². The summed E-state index contributed by atoms with van der Waals surface area (Å²) in [7, 11) is 0. The van der Waals surface area contributed by atoms with Crippen molar-refractivity contribution in [1.29, 1.82) is 0 Å². The zero-order valence-electron chi connectivity index (χ0n) is 15.7. The summed E-state index contributed by atoms with van der Waals surface area (Å²) in [5.74, 6) is 0. The van der Waals surface area contributed by atoms with Crippen LogP contribution >= 0.6 is 0 Å². The molecule has 1 aromatic heterocycles. The summed E-state index contributed by atoms with van der Waals surface area (Å²) in [6.07, 6.45) is 4.38. The highest BCUT2D eigenvalue weighted by molar-refractivity contribution is 5.67. The molecule has 0 amide bonds. The molecule has 1 fully saturated rings. The average Bonchev–Trinajstić information content (AvgIpc) is 3.22. The van der Waals surface area contributed by atoms with Gasteiger partial charge in [0.1, 0.15) is 18.3 Å². The van der Waals surface area contributed by atoms with Crippen molar-refractivity contribution in [2.75, 3.05) is 0 Å². The van der Waals surface area contributed by atoms with Gasteiger partial charge < -0.3 is 9.84 Å². The molecule has 5 heteroatoms. The van der Waals surface area contributed by atoms with Gasteiger partial charge in [-0.05, 0) is 37.0 Å². The van der Waals surface area contributed by atoms with Gasteiger partial charge in [0.15, 0.2) is 0 Å². The predicted octanol–water partition coefficient (Wildman–Crippen LogP) is 3.49. The largest absolute Gasteiger partial charge is 0.385 e. The molecular formula is C22H25N3O2. The molecule has 140 valence electrons. The number of hydrogen-bond donors (Lipinski definition) is 1. The normalized spacial score (nSPS) is 24.2. The Balaban J connectivity index is 1.56. The molecule has 2 unspecified atom stereocenters. The second-order valence-electron chi connectivity index (χ2n) is 7.81. The van der Waals surface area contributed by atoms with E-state index in [0.29, 0.717) is 13.0 Å². The van der Waals surface area contributed by atoms with Gasteiger partial charge in [0.05, 0.1) is 18.2 Å². The van der Waals surface area contributed by atoms with Crippen LogP contribution in [0.25, 0.3) is 11.1 Å². The first kappa shape index (κ1) is 17.9. The highest BCUT2D eigenvalue weighted by Gasteiger charge is 2.53. The zero-order valence-corrected chi connectivity index (χ0v) is 15.7. The minimum Gasteiger partial charge on any atom is -0.385 e. The van der Waals surface area contributed by atoms with Crippen LogP contribution in [0.4, 0.5) is 0 Å². The van der Waals surface area contributed by atoms with Gasteiger partial charge in [0.2, 0.25) is 0 Å². The molecule has 0 bridgehead atoms. The average molecular weight is 363 g/mol. The van der Waals surface area contributed by atoms with Crippen molar-refractivity contribution in [3.63, 3.8) is 0 Å². The Kier molecular flexibility index (Phi) is 4.58. The molecule has 4 rings (SSSR count). The van der Waals surface area contributed by atoms with Gasteiger partial charge in [-0.15, -0.1) is 0 Å². The van der Waals surface area contributed by atoms with E-state index >= 15 is 0 Å². The fraction of sp³-hybridized carbons (Fsp3) is 0.364. The van der Waals surface area contributed by atoms with Crippen LogP contribution < -0.4 is 0 Å². The van der Waals surface area contributed by atoms with Gasteiger partial charge in [-0.2, -0.15) is 5.10 Å². The van der Waals surface area contributed by atoms with Crippen molar-refractivity contribution in [1.82, 2.24) is 14.8 Å². The van der Waals surface area contributed by atoms with Gasteiger partial charge in [0.25, 0.3) is 0 Å². The molecule has 1 saturated heterocycles. The second-order valence-corrected chi connectivity index (χ2v) is 7.81. The monoisotopic (exact) mass is 363 g/mol. The molecule has 0 radical (unpaired) electrons. The Bertz CT molecular complexity index is 893. The number of benzene rings is 2. The van der Waals surface area contributed by atoms with Gasteiger partial charge in [0, 0.05) is 6.42 Å². The molecular weight excluding hydrogens is 338 g/mol. The standard InChI is InChI=1S/C22H25N3O2/c1-21(2)22(26,14-25-16-23-15-24-25)13-19(27-21)12-18-10-6-7-11-20(18)17-8-4-3-5-9-17/h3-11,15-16,19,26H,12-14H2,1-2H3. The molecule has 2 heterocycles. The van der Waals surface area contributed by atoms with Crippen molar-refractivity contribution in [3.8, 4) is 11.1 Å². The Morgan fingerprint density at radius 2 is 1.85 bits per heavy atom. The first-order chi connectivity index (χ1) is 13.0. The van der Waals surface area contributed by atoms with Crippen LogP contribution in [0.5, 0.6) is 0 Å². The van der Waals surface area contributed by atoms with E-state index in [1.54, 1.807) is 11.0 Å². The van der Waals surface area contributed by atoms with E-state index in [2.05, 4.69) is 58.6 Å². The van der Waals surface area contributed by atoms with Crippen LogP contribution in [0.3, 0.4) is 0 Å². The molecule has 2 atom stereocenters. The molecule has 2 aromatic carbocycles. The second kappa shape index (κ2) is 6.91. The summed E-state index contributed by atoms with van der Waals surface area (Å²) in [5.41, 5.74) is 1.99. The molecule has 27 heavy (non-hydrogen) atoms.